The van der Waals surface area contributed by atoms with Crippen LogP contribution in [-0.4, -0.2) is 23.7 Å². The van der Waals surface area contributed by atoms with Gasteiger partial charge in [0.15, 0.2) is 0 Å². The van der Waals surface area contributed by atoms with E-state index in [1.807, 2.05) is 6.92 Å². The first-order chi connectivity index (χ1) is 7.04. The van der Waals surface area contributed by atoms with Gasteiger partial charge in [-0.3, -0.25) is 4.79 Å². The molecule has 1 rings (SSSR count). The van der Waals surface area contributed by atoms with E-state index in [0.717, 1.165) is 5.56 Å². The zero-order chi connectivity index (χ0) is 11.4. The largest absolute Gasteiger partial charge is 0.394 e. The van der Waals surface area contributed by atoms with E-state index in [0.29, 0.717) is 10.6 Å². The lowest BCUT2D eigenvalue weighted by molar-refractivity contribution is 0.0921. The van der Waals surface area contributed by atoms with Gasteiger partial charge in [0, 0.05) is 16.6 Å². The monoisotopic (exact) mass is 227 g/mol. The average molecular weight is 228 g/mol. The second kappa shape index (κ2) is 5.14. The third-order valence-corrected chi connectivity index (χ3v) is 2.33. The number of aliphatic hydroxyl groups excluding tert-OH is 1. The highest BCUT2D eigenvalue weighted by Crippen LogP contribution is 2.15. The molecule has 0 aromatic heterocycles. The van der Waals surface area contributed by atoms with Gasteiger partial charge in [0.05, 0.1) is 6.61 Å². The van der Waals surface area contributed by atoms with Gasteiger partial charge in [0.25, 0.3) is 5.91 Å². The van der Waals surface area contributed by atoms with Crippen molar-refractivity contribution in [3.8, 4) is 0 Å². The Balaban J connectivity index is 2.86. The third kappa shape index (κ3) is 3.22. The minimum Gasteiger partial charge on any atom is -0.394 e. The SMILES string of the molecule is Cc1ccc(Cl)cc1C(=O)N[C@@H](C)CO. The van der Waals surface area contributed by atoms with Crippen molar-refractivity contribution in [2.75, 3.05) is 6.61 Å². The van der Waals surface area contributed by atoms with E-state index >= 15 is 0 Å². The van der Waals surface area contributed by atoms with Crippen LogP contribution in [0.1, 0.15) is 22.8 Å². The highest BCUT2D eigenvalue weighted by atomic mass is 35.5. The van der Waals surface area contributed by atoms with Crippen LogP contribution in [0.4, 0.5) is 0 Å². The predicted molar refractivity (Wildman–Crippen MR) is 60.2 cm³/mol. The Morgan fingerprint density at radius 3 is 2.87 bits per heavy atom. The van der Waals surface area contributed by atoms with Gasteiger partial charge in [0.1, 0.15) is 0 Å². The Kier molecular flexibility index (Phi) is 4.12. The van der Waals surface area contributed by atoms with Crippen molar-refractivity contribution in [2.45, 2.75) is 19.9 Å². The van der Waals surface area contributed by atoms with Crippen molar-refractivity contribution in [3.63, 3.8) is 0 Å². The van der Waals surface area contributed by atoms with Crippen molar-refractivity contribution >= 4 is 17.5 Å². The zero-order valence-corrected chi connectivity index (χ0v) is 9.51. The van der Waals surface area contributed by atoms with Crippen LogP contribution in [-0.2, 0) is 0 Å². The third-order valence-electron chi connectivity index (χ3n) is 2.10. The average Bonchev–Trinajstić information content (AvgIpc) is 2.21. The molecular formula is C11H14ClNO2. The van der Waals surface area contributed by atoms with Gasteiger partial charge in [-0.15, -0.1) is 0 Å². The lowest BCUT2D eigenvalue weighted by Gasteiger charge is -2.12. The van der Waals surface area contributed by atoms with Crippen LogP contribution in [0, 0.1) is 6.92 Å². The summed E-state index contributed by atoms with van der Waals surface area (Å²) >= 11 is 5.80. The molecule has 1 aromatic rings. The standard InChI is InChI=1S/C11H14ClNO2/c1-7-3-4-9(12)5-10(7)11(15)13-8(2)6-14/h3-5,8,14H,6H2,1-2H3,(H,13,15)/t8-/m0/s1. The quantitative estimate of drug-likeness (QED) is 0.827. The molecule has 4 heteroatoms. The van der Waals surface area contributed by atoms with E-state index in [1.165, 1.54) is 0 Å². The van der Waals surface area contributed by atoms with E-state index in [-0.39, 0.29) is 18.6 Å². The molecule has 82 valence electrons. The molecule has 0 aliphatic carbocycles. The van der Waals surface area contributed by atoms with Crippen molar-refractivity contribution < 1.29 is 9.90 Å². The first-order valence-corrected chi connectivity index (χ1v) is 5.10. The molecule has 0 fully saturated rings. The molecule has 0 saturated heterocycles. The van der Waals surface area contributed by atoms with Crippen molar-refractivity contribution in [3.05, 3.63) is 34.3 Å². The normalized spacial score (nSPS) is 12.3. The smallest absolute Gasteiger partial charge is 0.251 e. The first kappa shape index (κ1) is 12.0. The van der Waals surface area contributed by atoms with Crippen LogP contribution in [0.2, 0.25) is 5.02 Å². The summed E-state index contributed by atoms with van der Waals surface area (Å²) in [6.07, 6.45) is 0. The lowest BCUT2D eigenvalue weighted by atomic mass is 10.1. The molecule has 0 radical (unpaired) electrons. The fourth-order valence-corrected chi connectivity index (χ4v) is 1.36. The molecular weight excluding hydrogens is 214 g/mol. The summed E-state index contributed by atoms with van der Waals surface area (Å²) in [4.78, 5) is 11.7. The molecule has 0 spiro atoms. The zero-order valence-electron chi connectivity index (χ0n) is 8.75. The number of hydrogen-bond donors (Lipinski definition) is 2. The summed E-state index contributed by atoms with van der Waals surface area (Å²) in [6, 6.07) is 4.90. The number of hydrogen-bond acceptors (Lipinski definition) is 2. The van der Waals surface area contributed by atoms with Crippen molar-refractivity contribution in [1.82, 2.24) is 5.32 Å². The molecule has 1 aromatic carbocycles. The Morgan fingerprint density at radius 2 is 2.27 bits per heavy atom. The van der Waals surface area contributed by atoms with Crippen LogP contribution in [0.15, 0.2) is 18.2 Å². The first-order valence-electron chi connectivity index (χ1n) is 4.72. The highest BCUT2D eigenvalue weighted by molar-refractivity contribution is 6.31. The fourth-order valence-electron chi connectivity index (χ4n) is 1.19. The highest BCUT2D eigenvalue weighted by Gasteiger charge is 2.11. The van der Waals surface area contributed by atoms with Gasteiger partial charge < -0.3 is 10.4 Å². The second-order valence-electron chi connectivity index (χ2n) is 3.52. The summed E-state index contributed by atoms with van der Waals surface area (Å²) in [5, 5.41) is 12.0. The number of nitrogens with one attached hydrogen (secondary N) is 1. The van der Waals surface area contributed by atoms with Crippen LogP contribution in [0.3, 0.4) is 0 Å². The van der Waals surface area contributed by atoms with E-state index in [9.17, 15) is 4.79 Å². The van der Waals surface area contributed by atoms with Gasteiger partial charge in [-0.1, -0.05) is 17.7 Å². The summed E-state index contributed by atoms with van der Waals surface area (Å²) < 4.78 is 0. The molecule has 0 heterocycles. The van der Waals surface area contributed by atoms with Crippen molar-refractivity contribution in [2.24, 2.45) is 0 Å². The Bertz CT molecular complexity index is 366. The minimum absolute atomic E-state index is 0.0780. The molecule has 2 N–H and O–H groups in total. The molecule has 0 aliphatic rings. The molecule has 0 aliphatic heterocycles. The molecule has 0 bridgehead atoms. The number of benzene rings is 1. The van der Waals surface area contributed by atoms with Gasteiger partial charge in [-0.05, 0) is 31.5 Å². The summed E-state index contributed by atoms with van der Waals surface area (Å²) in [5.41, 5.74) is 1.41. The molecule has 3 nitrogen and oxygen atoms in total. The van der Waals surface area contributed by atoms with Crippen LogP contribution < -0.4 is 5.32 Å². The van der Waals surface area contributed by atoms with Crippen LogP contribution in [0.5, 0.6) is 0 Å². The number of aryl methyl sites for hydroxylation is 1. The van der Waals surface area contributed by atoms with Gasteiger partial charge >= 0.3 is 0 Å². The van der Waals surface area contributed by atoms with E-state index in [1.54, 1.807) is 25.1 Å². The molecule has 15 heavy (non-hydrogen) atoms. The summed E-state index contributed by atoms with van der Waals surface area (Å²) in [5.74, 6) is -0.212. The molecule has 1 atom stereocenters. The Hall–Kier alpha value is -1.06. The van der Waals surface area contributed by atoms with E-state index in [4.69, 9.17) is 16.7 Å². The maximum Gasteiger partial charge on any atom is 0.251 e. The molecule has 1 amide bonds. The maximum absolute atomic E-state index is 11.7. The fraction of sp³-hybridized carbons (Fsp3) is 0.364. The van der Waals surface area contributed by atoms with Crippen LogP contribution >= 0.6 is 11.6 Å². The second-order valence-corrected chi connectivity index (χ2v) is 3.95. The predicted octanol–water partition coefficient (Wildman–Crippen LogP) is 1.76. The number of rotatable bonds is 3. The number of halogens is 1. The van der Waals surface area contributed by atoms with Gasteiger partial charge in [-0.25, -0.2) is 0 Å². The van der Waals surface area contributed by atoms with Gasteiger partial charge in [0.2, 0.25) is 0 Å². The maximum atomic E-state index is 11.7. The summed E-state index contributed by atoms with van der Waals surface area (Å²) in [7, 11) is 0. The van der Waals surface area contributed by atoms with Crippen LogP contribution in [0.25, 0.3) is 0 Å². The number of aliphatic hydroxyl groups is 1. The Morgan fingerprint density at radius 1 is 1.60 bits per heavy atom. The summed E-state index contributed by atoms with van der Waals surface area (Å²) in [6.45, 7) is 3.50. The molecule has 0 saturated carbocycles. The topological polar surface area (TPSA) is 49.3 Å². The van der Waals surface area contributed by atoms with Crippen molar-refractivity contribution in [1.29, 1.82) is 0 Å². The lowest BCUT2D eigenvalue weighted by Crippen LogP contribution is -2.35. The number of carbonyl (C=O) groups excluding carboxylic acids is 1. The Labute approximate surface area is 94.1 Å². The van der Waals surface area contributed by atoms with E-state index in [2.05, 4.69) is 5.32 Å². The molecule has 0 unspecified atom stereocenters. The number of carbonyl (C=O) groups is 1. The minimum atomic E-state index is -0.254. The van der Waals surface area contributed by atoms with Gasteiger partial charge in [-0.2, -0.15) is 0 Å². The van der Waals surface area contributed by atoms with E-state index < -0.39 is 0 Å². The number of amides is 1.